The summed E-state index contributed by atoms with van der Waals surface area (Å²) in [7, 11) is 3.15. The predicted molar refractivity (Wildman–Crippen MR) is 122 cm³/mol. The first-order chi connectivity index (χ1) is 16.9. The average Bonchev–Trinajstić information content (AvgIpc) is 3.33. The van der Waals surface area contributed by atoms with Crippen LogP contribution in [0.4, 0.5) is 18.9 Å². The molecule has 5 rings (SSSR count). The molecule has 36 heavy (non-hydrogen) atoms. The summed E-state index contributed by atoms with van der Waals surface area (Å²) in [5.41, 5.74) is -0.138. The normalized spacial score (nSPS) is 20.2. The Bertz CT molecular complexity index is 1520. The van der Waals surface area contributed by atoms with Gasteiger partial charge in [-0.05, 0) is 48.2 Å². The number of amides is 1. The number of aliphatic hydroxyl groups is 1. The minimum absolute atomic E-state index is 0.0103. The van der Waals surface area contributed by atoms with Gasteiger partial charge in [0.1, 0.15) is 5.57 Å². The summed E-state index contributed by atoms with van der Waals surface area (Å²) in [4.78, 5) is 39.5. The van der Waals surface area contributed by atoms with E-state index in [0.29, 0.717) is 11.0 Å². The third-order valence-electron chi connectivity index (χ3n) is 6.90. The minimum atomic E-state index is -4.59. The van der Waals surface area contributed by atoms with Gasteiger partial charge < -0.3 is 15.1 Å². The van der Waals surface area contributed by atoms with Crippen LogP contribution >= 0.6 is 0 Å². The lowest BCUT2D eigenvalue weighted by Crippen LogP contribution is -2.55. The van der Waals surface area contributed by atoms with Crippen molar-refractivity contribution in [2.24, 2.45) is 14.1 Å². The zero-order valence-electron chi connectivity index (χ0n) is 19.2. The zero-order chi connectivity index (χ0) is 26.1. The quantitative estimate of drug-likeness (QED) is 0.533. The number of aryl methyl sites for hydroxylation is 2. The fourth-order valence-electron chi connectivity index (χ4n) is 5.14. The number of carbonyl (C=O) groups is 2. The highest BCUT2D eigenvalue weighted by Crippen LogP contribution is 2.44. The third-order valence-corrected chi connectivity index (χ3v) is 6.90. The van der Waals surface area contributed by atoms with Crippen LogP contribution in [0.25, 0.3) is 11.0 Å². The smallest absolute Gasteiger partial charge is 0.416 e. The van der Waals surface area contributed by atoms with Crippen molar-refractivity contribution in [1.29, 1.82) is 0 Å². The number of rotatable bonds is 3. The molecule has 2 atom stereocenters. The number of aromatic nitrogens is 2. The number of aliphatic hydroxyl groups excluding tert-OH is 1. The number of benzene rings is 2. The Hall–Kier alpha value is -4.06. The predicted octanol–water partition coefficient (Wildman–Crippen LogP) is 2.48. The van der Waals surface area contributed by atoms with Crippen molar-refractivity contribution in [3.63, 3.8) is 0 Å². The Morgan fingerprint density at radius 1 is 1.06 bits per heavy atom. The van der Waals surface area contributed by atoms with Crippen LogP contribution in [0.1, 0.15) is 29.2 Å². The van der Waals surface area contributed by atoms with Gasteiger partial charge in [-0.2, -0.15) is 13.2 Å². The van der Waals surface area contributed by atoms with Crippen LogP contribution in [0.15, 0.2) is 53.0 Å². The van der Waals surface area contributed by atoms with Crippen LogP contribution in [-0.2, 0) is 36.3 Å². The summed E-state index contributed by atoms with van der Waals surface area (Å²) in [6, 6.07) is 7.42. The minimum Gasteiger partial charge on any atom is -0.477 e. The first kappa shape index (κ1) is 23.7. The van der Waals surface area contributed by atoms with E-state index in [0.717, 1.165) is 22.1 Å². The maximum absolute atomic E-state index is 13.6. The van der Waals surface area contributed by atoms with Crippen molar-refractivity contribution in [3.8, 4) is 0 Å². The first-order valence-electron chi connectivity index (χ1n) is 11.0. The van der Waals surface area contributed by atoms with E-state index in [-0.39, 0.29) is 35.3 Å². The number of alkyl halides is 3. The topological polar surface area (TPSA) is 108 Å². The van der Waals surface area contributed by atoms with E-state index in [1.54, 1.807) is 32.3 Å². The second-order valence-corrected chi connectivity index (χ2v) is 8.81. The monoisotopic (exact) mass is 502 g/mol. The molecule has 0 spiro atoms. The molecule has 2 N–H and O–H groups in total. The summed E-state index contributed by atoms with van der Waals surface area (Å²) in [5.74, 6) is -2.55. The SMILES string of the molecule is Cn1c(=O)n(C)c2cc(N3C=C(C(=O)O)C(=O)N(C4CCc5c4cccc5C(F)(F)F)C3O)ccc21. The Morgan fingerprint density at radius 2 is 1.75 bits per heavy atom. The van der Waals surface area contributed by atoms with Crippen molar-refractivity contribution < 1.29 is 33.0 Å². The third kappa shape index (κ3) is 3.40. The van der Waals surface area contributed by atoms with E-state index in [1.165, 1.54) is 21.3 Å². The van der Waals surface area contributed by atoms with Gasteiger partial charge in [-0.3, -0.25) is 18.8 Å². The lowest BCUT2D eigenvalue weighted by molar-refractivity contribution is -0.147. The van der Waals surface area contributed by atoms with Gasteiger partial charge in [-0.15, -0.1) is 0 Å². The number of anilines is 1. The lowest BCUT2D eigenvalue weighted by Gasteiger charge is -2.42. The fourth-order valence-corrected chi connectivity index (χ4v) is 5.14. The summed E-state index contributed by atoms with van der Waals surface area (Å²) >= 11 is 0. The molecule has 12 heteroatoms. The number of carboxylic acids is 1. The maximum Gasteiger partial charge on any atom is 0.416 e. The summed E-state index contributed by atoms with van der Waals surface area (Å²) in [6.45, 7) is 0. The van der Waals surface area contributed by atoms with Gasteiger partial charge >= 0.3 is 17.8 Å². The Balaban J connectivity index is 1.62. The standard InChI is InChI=1S/C24H21F3N4O5/c1-28-18-8-6-12(10-19(18)29(2)22(28)35)30-11-15(21(33)34)20(32)31(23(30)36)17-9-7-13-14(17)4-3-5-16(13)24(25,26)27/h3-6,8,10-11,17,23,36H,7,9H2,1-2H3,(H,33,34). The number of hydrogen-bond donors (Lipinski definition) is 2. The van der Waals surface area contributed by atoms with Gasteiger partial charge in [0.15, 0.2) is 0 Å². The Kier molecular flexibility index (Phi) is 5.25. The summed E-state index contributed by atoms with van der Waals surface area (Å²) in [5, 5.41) is 21.0. The van der Waals surface area contributed by atoms with Gasteiger partial charge in [0, 0.05) is 26.0 Å². The van der Waals surface area contributed by atoms with E-state index < -0.39 is 41.6 Å². The van der Waals surface area contributed by atoms with Gasteiger partial charge in [-0.1, -0.05) is 12.1 Å². The van der Waals surface area contributed by atoms with Crippen LogP contribution in [0.5, 0.6) is 0 Å². The van der Waals surface area contributed by atoms with Crippen molar-refractivity contribution in [3.05, 3.63) is 75.3 Å². The number of aliphatic carboxylic acids is 1. The molecule has 2 aromatic carbocycles. The zero-order valence-corrected chi connectivity index (χ0v) is 19.2. The molecule has 2 heterocycles. The molecular weight excluding hydrogens is 481 g/mol. The van der Waals surface area contributed by atoms with Crippen molar-refractivity contribution >= 4 is 28.6 Å². The molecule has 0 bridgehead atoms. The molecule has 0 saturated carbocycles. The Labute approximate surface area is 201 Å². The van der Waals surface area contributed by atoms with E-state index in [9.17, 15) is 37.8 Å². The molecule has 2 unspecified atom stereocenters. The summed E-state index contributed by atoms with van der Waals surface area (Å²) in [6.07, 6.45) is -5.21. The number of carbonyl (C=O) groups excluding carboxylic acids is 1. The molecule has 0 saturated heterocycles. The molecule has 0 radical (unpaired) electrons. The molecule has 1 amide bonds. The van der Waals surface area contributed by atoms with Crippen LogP contribution in [0.3, 0.4) is 0 Å². The number of fused-ring (bicyclic) bond motifs is 2. The molecule has 2 aliphatic rings. The van der Waals surface area contributed by atoms with E-state index in [4.69, 9.17) is 0 Å². The number of carboxylic acid groups (broad SMARTS) is 1. The molecule has 188 valence electrons. The largest absolute Gasteiger partial charge is 0.477 e. The number of nitrogens with zero attached hydrogens (tertiary/aromatic N) is 4. The van der Waals surface area contributed by atoms with Crippen LogP contribution in [-0.4, -0.2) is 42.5 Å². The Morgan fingerprint density at radius 3 is 2.42 bits per heavy atom. The molecule has 1 aliphatic heterocycles. The molecule has 9 nitrogen and oxygen atoms in total. The van der Waals surface area contributed by atoms with E-state index >= 15 is 0 Å². The van der Waals surface area contributed by atoms with Gasteiger partial charge in [0.2, 0.25) is 6.35 Å². The molecule has 0 fully saturated rings. The van der Waals surface area contributed by atoms with Crippen LogP contribution in [0.2, 0.25) is 0 Å². The molecule has 1 aromatic heterocycles. The maximum atomic E-state index is 13.6. The van der Waals surface area contributed by atoms with Crippen molar-refractivity contribution in [2.45, 2.75) is 31.4 Å². The molecule has 3 aromatic rings. The van der Waals surface area contributed by atoms with Gasteiger partial charge in [0.25, 0.3) is 5.91 Å². The van der Waals surface area contributed by atoms with E-state index in [1.807, 2.05) is 0 Å². The second kappa shape index (κ2) is 7.98. The van der Waals surface area contributed by atoms with Crippen molar-refractivity contribution in [1.82, 2.24) is 14.0 Å². The number of hydrogen-bond acceptors (Lipinski definition) is 5. The lowest BCUT2D eigenvalue weighted by atomic mass is 10.0. The highest BCUT2D eigenvalue weighted by molar-refractivity contribution is 6.16. The van der Waals surface area contributed by atoms with Gasteiger partial charge in [0.05, 0.1) is 22.6 Å². The fraction of sp³-hybridized carbons (Fsp3) is 0.292. The highest BCUT2D eigenvalue weighted by atomic mass is 19.4. The summed E-state index contributed by atoms with van der Waals surface area (Å²) < 4.78 is 43.5. The van der Waals surface area contributed by atoms with Crippen molar-refractivity contribution in [2.75, 3.05) is 4.90 Å². The second-order valence-electron chi connectivity index (χ2n) is 8.81. The van der Waals surface area contributed by atoms with Gasteiger partial charge in [-0.25, -0.2) is 9.59 Å². The van der Waals surface area contributed by atoms with E-state index in [2.05, 4.69) is 0 Å². The average molecular weight is 502 g/mol. The molecule has 1 aliphatic carbocycles. The van der Waals surface area contributed by atoms with Crippen LogP contribution in [0, 0.1) is 0 Å². The van der Waals surface area contributed by atoms with Crippen LogP contribution < -0.4 is 10.6 Å². The highest BCUT2D eigenvalue weighted by Gasteiger charge is 2.45. The molecular formula is C24H21F3N4O5. The number of imidazole rings is 1. The first-order valence-corrected chi connectivity index (χ1v) is 11.0. The number of halogens is 3.